The SMILES string of the molecule is O=C(NCC(O)Cc1ccccc1)Nc1cccc(F)c1F. The third-order valence-corrected chi connectivity index (χ3v) is 3.01. The lowest BCUT2D eigenvalue weighted by molar-refractivity contribution is 0.172. The predicted octanol–water partition coefficient (Wildman–Crippen LogP) is 2.69. The minimum absolute atomic E-state index is 0.00232. The van der Waals surface area contributed by atoms with Gasteiger partial charge in [0.05, 0.1) is 11.8 Å². The van der Waals surface area contributed by atoms with Gasteiger partial charge >= 0.3 is 6.03 Å². The van der Waals surface area contributed by atoms with Crippen molar-refractivity contribution >= 4 is 11.7 Å². The molecule has 0 fully saturated rings. The molecule has 2 aromatic carbocycles. The molecule has 0 radical (unpaired) electrons. The Labute approximate surface area is 126 Å². The molecule has 0 aliphatic heterocycles. The van der Waals surface area contributed by atoms with Crippen molar-refractivity contribution in [2.75, 3.05) is 11.9 Å². The van der Waals surface area contributed by atoms with Crippen LogP contribution in [0.25, 0.3) is 0 Å². The van der Waals surface area contributed by atoms with Crippen molar-refractivity contribution < 1.29 is 18.7 Å². The van der Waals surface area contributed by atoms with E-state index in [1.54, 1.807) is 0 Å². The molecule has 4 nitrogen and oxygen atoms in total. The summed E-state index contributed by atoms with van der Waals surface area (Å²) >= 11 is 0. The van der Waals surface area contributed by atoms with Crippen LogP contribution in [0.3, 0.4) is 0 Å². The maximum absolute atomic E-state index is 13.4. The fourth-order valence-electron chi connectivity index (χ4n) is 1.94. The van der Waals surface area contributed by atoms with E-state index in [9.17, 15) is 18.7 Å². The lowest BCUT2D eigenvalue weighted by atomic mass is 10.1. The Balaban J connectivity index is 1.81. The zero-order valence-corrected chi connectivity index (χ0v) is 11.7. The average molecular weight is 306 g/mol. The summed E-state index contributed by atoms with van der Waals surface area (Å²) in [7, 11) is 0. The summed E-state index contributed by atoms with van der Waals surface area (Å²) in [6.07, 6.45) is -0.388. The van der Waals surface area contributed by atoms with Gasteiger partial charge in [0.25, 0.3) is 0 Å². The molecule has 0 bridgehead atoms. The molecule has 0 heterocycles. The summed E-state index contributed by atoms with van der Waals surface area (Å²) in [5, 5.41) is 14.4. The molecule has 6 heteroatoms. The van der Waals surface area contributed by atoms with Crippen molar-refractivity contribution in [1.82, 2.24) is 5.32 Å². The highest BCUT2D eigenvalue weighted by atomic mass is 19.2. The van der Waals surface area contributed by atoms with E-state index in [-0.39, 0.29) is 12.2 Å². The van der Waals surface area contributed by atoms with Gasteiger partial charge in [-0.1, -0.05) is 36.4 Å². The maximum Gasteiger partial charge on any atom is 0.319 e. The van der Waals surface area contributed by atoms with Crippen molar-refractivity contribution in [3.8, 4) is 0 Å². The number of aliphatic hydroxyl groups excluding tert-OH is 1. The topological polar surface area (TPSA) is 61.4 Å². The van der Waals surface area contributed by atoms with Crippen LogP contribution < -0.4 is 10.6 Å². The number of rotatable bonds is 5. The summed E-state index contributed by atoms with van der Waals surface area (Å²) in [6.45, 7) is -0.00232. The number of carbonyl (C=O) groups excluding carboxylic acids is 1. The van der Waals surface area contributed by atoms with Crippen LogP contribution in [0.1, 0.15) is 5.56 Å². The Kier molecular flexibility index (Phi) is 5.43. The van der Waals surface area contributed by atoms with Crippen LogP contribution >= 0.6 is 0 Å². The van der Waals surface area contributed by atoms with E-state index in [1.807, 2.05) is 30.3 Å². The summed E-state index contributed by atoms with van der Waals surface area (Å²) < 4.78 is 26.4. The first-order valence-corrected chi connectivity index (χ1v) is 6.77. The molecule has 0 saturated heterocycles. The van der Waals surface area contributed by atoms with E-state index < -0.39 is 23.8 Å². The minimum atomic E-state index is -1.12. The number of anilines is 1. The summed E-state index contributed by atoms with van der Waals surface area (Å²) in [6, 6.07) is 12.1. The normalized spacial score (nSPS) is 11.8. The van der Waals surface area contributed by atoms with Crippen molar-refractivity contribution in [3.05, 3.63) is 65.7 Å². The number of amides is 2. The third-order valence-electron chi connectivity index (χ3n) is 3.01. The molecule has 2 rings (SSSR count). The molecule has 3 N–H and O–H groups in total. The molecule has 0 saturated carbocycles. The van der Waals surface area contributed by atoms with Gasteiger partial charge in [-0.3, -0.25) is 0 Å². The summed E-state index contributed by atoms with van der Waals surface area (Å²) in [5.74, 6) is -2.16. The van der Waals surface area contributed by atoms with Gasteiger partial charge in [0.1, 0.15) is 0 Å². The Morgan fingerprint density at radius 1 is 1.09 bits per heavy atom. The Morgan fingerprint density at radius 3 is 2.55 bits per heavy atom. The van der Waals surface area contributed by atoms with Crippen LogP contribution in [-0.4, -0.2) is 23.8 Å². The van der Waals surface area contributed by atoms with Gasteiger partial charge in [-0.05, 0) is 17.7 Å². The quantitative estimate of drug-likeness (QED) is 0.795. The van der Waals surface area contributed by atoms with E-state index in [0.717, 1.165) is 11.6 Å². The molecule has 22 heavy (non-hydrogen) atoms. The van der Waals surface area contributed by atoms with Crippen LogP contribution in [-0.2, 0) is 6.42 Å². The highest BCUT2D eigenvalue weighted by Crippen LogP contribution is 2.16. The van der Waals surface area contributed by atoms with Gasteiger partial charge in [0.15, 0.2) is 11.6 Å². The summed E-state index contributed by atoms with van der Waals surface area (Å²) in [4.78, 5) is 11.6. The number of urea groups is 1. The Bertz CT molecular complexity index is 635. The molecule has 2 amide bonds. The second-order valence-electron chi connectivity index (χ2n) is 4.78. The largest absolute Gasteiger partial charge is 0.391 e. The van der Waals surface area contributed by atoms with Crippen LogP contribution in [0.2, 0.25) is 0 Å². The zero-order chi connectivity index (χ0) is 15.9. The first-order chi connectivity index (χ1) is 10.6. The number of hydrogen-bond acceptors (Lipinski definition) is 2. The van der Waals surface area contributed by atoms with Crippen LogP contribution in [0, 0.1) is 11.6 Å². The second-order valence-corrected chi connectivity index (χ2v) is 4.78. The molecule has 1 atom stereocenters. The van der Waals surface area contributed by atoms with E-state index in [0.29, 0.717) is 6.42 Å². The van der Waals surface area contributed by atoms with Crippen molar-refractivity contribution in [2.24, 2.45) is 0 Å². The second kappa shape index (κ2) is 7.51. The molecular formula is C16H16F2N2O2. The number of aliphatic hydroxyl groups is 1. The Morgan fingerprint density at radius 2 is 1.82 bits per heavy atom. The minimum Gasteiger partial charge on any atom is -0.391 e. The third kappa shape index (κ3) is 4.53. The first kappa shape index (κ1) is 15.9. The molecule has 0 aliphatic rings. The fourth-order valence-corrected chi connectivity index (χ4v) is 1.94. The summed E-state index contributed by atoms with van der Waals surface area (Å²) in [5.41, 5.74) is 0.684. The van der Waals surface area contributed by atoms with Gasteiger partial charge in [-0.2, -0.15) is 0 Å². The molecule has 1 unspecified atom stereocenters. The standard InChI is InChI=1S/C16H16F2N2O2/c17-13-7-4-8-14(15(13)18)20-16(22)19-10-12(21)9-11-5-2-1-3-6-11/h1-8,12,21H,9-10H2,(H2,19,20,22). The molecule has 116 valence electrons. The van der Waals surface area contributed by atoms with E-state index in [2.05, 4.69) is 10.6 Å². The highest BCUT2D eigenvalue weighted by Gasteiger charge is 2.12. The van der Waals surface area contributed by atoms with Crippen LogP contribution in [0.5, 0.6) is 0 Å². The van der Waals surface area contributed by atoms with E-state index in [4.69, 9.17) is 0 Å². The zero-order valence-electron chi connectivity index (χ0n) is 11.7. The molecule has 0 spiro atoms. The molecule has 2 aromatic rings. The number of benzene rings is 2. The van der Waals surface area contributed by atoms with Crippen molar-refractivity contribution in [1.29, 1.82) is 0 Å². The first-order valence-electron chi connectivity index (χ1n) is 6.77. The highest BCUT2D eigenvalue weighted by molar-refractivity contribution is 5.89. The van der Waals surface area contributed by atoms with Crippen molar-refractivity contribution in [3.63, 3.8) is 0 Å². The smallest absolute Gasteiger partial charge is 0.319 e. The van der Waals surface area contributed by atoms with Gasteiger partial charge in [0, 0.05) is 13.0 Å². The number of carbonyl (C=O) groups is 1. The van der Waals surface area contributed by atoms with E-state index >= 15 is 0 Å². The predicted molar refractivity (Wildman–Crippen MR) is 79.5 cm³/mol. The maximum atomic E-state index is 13.4. The molecular weight excluding hydrogens is 290 g/mol. The van der Waals surface area contributed by atoms with E-state index in [1.165, 1.54) is 12.1 Å². The fraction of sp³-hybridized carbons (Fsp3) is 0.188. The number of hydrogen-bond donors (Lipinski definition) is 3. The van der Waals surface area contributed by atoms with Crippen LogP contribution in [0.4, 0.5) is 19.3 Å². The molecule has 0 aromatic heterocycles. The van der Waals surface area contributed by atoms with Gasteiger partial charge in [-0.15, -0.1) is 0 Å². The Hall–Kier alpha value is -2.47. The average Bonchev–Trinajstić information content (AvgIpc) is 2.51. The monoisotopic (exact) mass is 306 g/mol. The van der Waals surface area contributed by atoms with Gasteiger partial charge < -0.3 is 15.7 Å². The van der Waals surface area contributed by atoms with Gasteiger partial charge in [-0.25, -0.2) is 13.6 Å². The number of halogens is 2. The van der Waals surface area contributed by atoms with Crippen molar-refractivity contribution in [2.45, 2.75) is 12.5 Å². The van der Waals surface area contributed by atoms with Crippen LogP contribution in [0.15, 0.2) is 48.5 Å². The molecule has 0 aliphatic carbocycles. The lowest BCUT2D eigenvalue weighted by Crippen LogP contribution is -2.36. The lowest BCUT2D eigenvalue weighted by Gasteiger charge is -2.13. The van der Waals surface area contributed by atoms with Gasteiger partial charge in [0.2, 0.25) is 0 Å². The number of nitrogens with one attached hydrogen (secondary N) is 2.